The minimum absolute atomic E-state index is 0. The number of aliphatic imine (C=N–C) groups is 1. The number of aromatic nitrogens is 1. The van der Waals surface area contributed by atoms with Crippen molar-refractivity contribution in [1.82, 2.24) is 15.6 Å². The Hall–Kier alpha value is -1.02. The lowest BCUT2D eigenvalue weighted by Gasteiger charge is -2.11. The second-order valence-corrected chi connectivity index (χ2v) is 5.59. The van der Waals surface area contributed by atoms with E-state index >= 15 is 0 Å². The summed E-state index contributed by atoms with van der Waals surface area (Å²) in [7, 11) is 0. The maximum Gasteiger partial charge on any atom is 0.191 e. The summed E-state index contributed by atoms with van der Waals surface area (Å²) in [5.74, 6) is 1.94. The molecular formula is C16H23IN4S. The van der Waals surface area contributed by atoms with E-state index in [4.69, 9.17) is 0 Å². The standard InChI is InChI=1S/C16H22N4S.HI/c1-3-17-16(19-10-11-21-2)20-12-13-8-9-18-15-7-5-4-6-14(13)15;/h4-9H,3,10-12H2,1-2H3,(H2,17,19,20);1H. The molecule has 22 heavy (non-hydrogen) atoms. The van der Waals surface area contributed by atoms with Crippen molar-refractivity contribution in [3.8, 4) is 0 Å². The van der Waals surface area contributed by atoms with Crippen LogP contribution in [-0.4, -0.2) is 36.0 Å². The lowest BCUT2D eigenvalue weighted by Crippen LogP contribution is -2.38. The molecule has 0 bridgehead atoms. The highest BCUT2D eigenvalue weighted by Crippen LogP contribution is 2.16. The molecule has 2 rings (SSSR count). The fourth-order valence-electron chi connectivity index (χ4n) is 2.07. The maximum absolute atomic E-state index is 4.66. The van der Waals surface area contributed by atoms with Crippen molar-refractivity contribution >= 4 is 52.6 Å². The van der Waals surface area contributed by atoms with E-state index in [1.165, 1.54) is 10.9 Å². The summed E-state index contributed by atoms with van der Waals surface area (Å²) < 4.78 is 0. The van der Waals surface area contributed by atoms with Gasteiger partial charge in [-0.1, -0.05) is 18.2 Å². The van der Waals surface area contributed by atoms with Crippen molar-refractivity contribution in [2.24, 2.45) is 4.99 Å². The van der Waals surface area contributed by atoms with E-state index in [2.05, 4.69) is 39.9 Å². The Morgan fingerprint density at radius 2 is 2.05 bits per heavy atom. The lowest BCUT2D eigenvalue weighted by molar-refractivity contribution is 0.844. The number of benzene rings is 1. The zero-order valence-corrected chi connectivity index (χ0v) is 16.2. The molecule has 4 nitrogen and oxygen atoms in total. The van der Waals surface area contributed by atoms with E-state index < -0.39 is 0 Å². The highest BCUT2D eigenvalue weighted by molar-refractivity contribution is 14.0. The first kappa shape index (κ1) is 19.0. The number of pyridine rings is 1. The third-order valence-corrected chi connectivity index (χ3v) is 3.70. The van der Waals surface area contributed by atoms with Crippen molar-refractivity contribution in [2.75, 3.05) is 25.1 Å². The maximum atomic E-state index is 4.66. The molecule has 0 amide bonds. The summed E-state index contributed by atoms with van der Waals surface area (Å²) in [5.41, 5.74) is 2.22. The molecule has 0 spiro atoms. The number of para-hydroxylation sites is 1. The van der Waals surface area contributed by atoms with Crippen LogP contribution in [0.4, 0.5) is 0 Å². The number of guanidine groups is 1. The van der Waals surface area contributed by atoms with Crippen LogP contribution in [0.3, 0.4) is 0 Å². The number of hydrogen-bond acceptors (Lipinski definition) is 3. The van der Waals surface area contributed by atoms with Gasteiger partial charge in [-0.05, 0) is 30.9 Å². The number of hydrogen-bond donors (Lipinski definition) is 2. The van der Waals surface area contributed by atoms with Gasteiger partial charge >= 0.3 is 0 Å². The second-order valence-electron chi connectivity index (χ2n) is 4.60. The Morgan fingerprint density at radius 3 is 2.82 bits per heavy atom. The molecule has 2 N–H and O–H groups in total. The number of nitrogens with zero attached hydrogens (tertiary/aromatic N) is 2. The van der Waals surface area contributed by atoms with Gasteiger partial charge in [0.15, 0.2) is 5.96 Å². The van der Waals surface area contributed by atoms with Gasteiger partial charge in [0, 0.05) is 30.4 Å². The van der Waals surface area contributed by atoms with Gasteiger partial charge < -0.3 is 10.6 Å². The molecule has 0 unspecified atom stereocenters. The van der Waals surface area contributed by atoms with Crippen molar-refractivity contribution in [2.45, 2.75) is 13.5 Å². The minimum Gasteiger partial charge on any atom is -0.357 e. The van der Waals surface area contributed by atoms with Crippen LogP contribution >= 0.6 is 35.7 Å². The molecule has 6 heteroatoms. The first-order valence-corrected chi connectivity index (χ1v) is 8.58. The molecule has 0 radical (unpaired) electrons. The topological polar surface area (TPSA) is 49.3 Å². The van der Waals surface area contributed by atoms with Gasteiger partial charge in [0.2, 0.25) is 0 Å². The first-order valence-electron chi connectivity index (χ1n) is 7.19. The molecule has 120 valence electrons. The Labute approximate surface area is 153 Å². The molecule has 2 aromatic rings. The van der Waals surface area contributed by atoms with Gasteiger partial charge in [-0.25, -0.2) is 4.99 Å². The fourth-order valence-corrected chi connectivity index (χ4v) is 2.38. The molecule has 1 heterocycles. The van der Waals surface area contributed by atoms with Crippen LogP contribution in [0.25, 0.3) is 10.9 Å². The van der Waals surface area contributed by atoms with E-state index in [1.807, 2.05) is 42.2 Å². The SMILES string of the molecule is CCNC(=NCc1ccnc2ccccc12)NCCSC.I. The van der Waals surface area contributed by atoms with Gasteiger partial charge in [-0.3, -0.25) is 4.98 Å². The lowest BCUT2D eigenvalue weighted by atomic mass is 10.1. The van der Waals surface area contributed by atoms with Crippen LogP contribution in [0.5, 0.6) is 0 Å². The van der Waals surface area contributed by atoms with E-state index in [1.54, 1.807) is 0 Å². The van der Waals surface area contributed by atoms with Crippen molar-refractivity contribution in [3.05, 3.63) is 42.1 Å². The van der Waals surface area contributed by atoms with Crippen LogP contribution in [-0.2, 0) is 6.54 Å². The fraction of sp³-hybridized carbons (Fsp3) is 0.375. The smallest absolute Gasteiger partial charge is 0.191 e. The highest BCUT2D eigenvalue weighted by Gasteiger charge is 2.01. The number of nitrogens with one attached hydrogen (secondary N) is 2. The molecule has 1 aromatic heterocycles. The highest BCUT2D eigenvalue weighted by atomic mass is 127. The van der Waals surface area contributed by atoms with Gasteiger partial charge in [0.1, 0.15) is 0 Å². The van der Waals surface area contributed by atoms with Crippen LogP contribution in [0, 0.1) is 0 Å². The van der Waals surface area contributed by atoms with Crippen LogP contribution in [0.1, 0.15) is 12.5 Å². The van der Waals surface area contributed by atoms with E-state index in [0.29, 0.717) is 6.54 Å². The summed E-state index contributed by atoms with van der Waals surface area (Å²) in [4.78, 5) is 9.05. The third kappa shape index (κ3) is 5.64. The summed E-state index contributed by atoms with van der Waals surface area (Å²) in [5, 5.41) is 7.79. The normalized spacial score (nSPS) is 11.1. The number of fused-ring (bicyclic) bond motifs is 1. The molecule has 0 atom stereocenters. The van der Waals surface area contributed by atoms with Gasteiger partial charge in [0.25, 0.3) is 0 Å². The van der Waals surface area contributed by atoms with Gasteiger partial charge in [-0.15, -0.1) is 24.0 Å². The van der Waals surface area contributed by atoms with Gasteiger partial charge in [-0.2, -0.15) is 11.8 Å². The number of rotatable bonds is 6. The summed E-state index contributed by atoms with van der Waals surface area (Å²) in [6, 6.07) is 10.2. The molecule has 0 aliphatic carbocycles. The average Bonchev–Trinajstić information content (AvgIpc) is 2.53. The van der Waals surface area contributed by atoms with E-state index in [0.717, 1.165) is 30.3 Å². The molecular weight excluding hydrogens is 407 g/mol. The van der Waals surface area contributed by atoms with Crippen molar-refractivity contribution in [1.29, 1.82) is 0 Å². The minimum atomic E-state index is 0. The molecule has 0 saturated carbocycles. The molecule has 0 saturated heterocycles. The van der Waals surface area contributed by atoms with Crippen molar-refractivity contribution < 1.29 is 0 Å². The molecule has 1 aromatic carbocycles. The predicted octanol–water partition coefficient (Wildman–Crippen LogP) is 3.27. The second kappa shape index (κ2) is 10.7. The van der Waals surface area contributed by atoms with Crippen LogP contribution < -0.4 is 10.6 Å². The largest absolute Gasteiger partial charge is 0.357 e. The molecule has 0 aliphatic rings. The van der Waals surface area contributed by atoms with E-state index in [9.17, 15) is 0 Å². The summed E-state index contributed by atoms with van der Waals surface area (Å²) in [6.07, 6.45) is 3.95. The Morgan fingerprint density at radius 1 is 1.23 bits per heavy atom. The quantitative estimate of drug-likeness (QED) is 0.320. The monoisotopic (exact) mass is 430 g/mol. The zero-order chi connectivity index (χ0) is 14.9. The third-order valence-electron chi connectivity index (χ3n) is 3.09. The Kier molecular flexibility index (Phi) is 9.22. The summed E-state index contributed by atoms with van der Waals surface area (Å²) >= 11 is 1.82. The molecule has 0 aliphatic heterocycles. The summed E-state index contributed by atoms with van der Waals surface area (Å²) in [6.45, 7) is 4.51. The van der Waals surface area contributed by atoms with Crippen LogP contribution in [0.2, 0.25) is 0 Å². The Balaban J connectivity index is 0.00000242. The van der Waals surface area contributed by atoms with Crippen molar-refractivity contribution in [3.63, 3.8) is 0 Å². The predicted molar refractivity (Wildman–Crippen MR) is 108 cm³/mol. The zero-order valence-electron chi connectivity index (χ0n) is 13.0. The first-order chi connectivity index (χ1) is 10.3. The van der Waals surface area contributed by atoms with Gasteiger partial charge in [0.05, 0.1) is 12.1 Å². The number of thioether (sulfide) groups is 1. The van der Waals surface area contributed by atoms with Crippen LogP contribution in [0.15, 0.2) is 41.5 Å². The number of halogens is 1. The van der Waals surface area contributed by atoms with E-state index in [-0.39, 0.29) is 24.0 Å². The Bertz CT molecular complexity index is 598. The molecule has 0 fully saturated rings. The average molecular weight is 430 g/mol.